The quantitative estimate of drug-likeness (QED) is 0.590. The molecule has 0 bridgehead atoms. The highest BCUT2D eigenvalue weighted by molar-refractivity contribution is 5.34. The van der Waals surface area contributed by atoms with Crippen LogP contribution in [0.1, 0.15) is 55.5 Å². The normalized spacial score (nSPS) is 10.4. The summed E-state index contributed by atoms with van der Waals surface area (Å²) in [6.07, 6.45) is 8.14. The molecule has 0 amide bonds. The van der Waals surface area contributed by atoms with Crippen LogP contribution in [0.3, 0.4) is 0 Å². The maximum atomic E-state index is 8.73. The first-order chi connectivity index (χ1) is 11.3. The summed E-state index contributed by atoms with van der Waals surface area (Å²) in [6.45, 7) is 2.69. The number of nitriles is 1. The molecule has 0 atom stereocenters. The van der Waals surface area contributed by atoms with Crippen molar-refractivity contribution < 1.29 is 9.26 Å². The number of benzene rings is 1. The van der Waals surface area contributed by atoms with Crippen molar-refractivity contribution in [2.45, 2.75) is 51.9 Å². The van der Waals surface area contributed by atoms with E-state index in [1.54, 1.807) is 12.1 Å². The molecule has 0 radical (unpaired) electrons. The van der Waals surface area contributed by atoms with Gasteiger partial charge < -0.3 is 9.26 Å². The molecular weight excluding hydrogens is 288 g/mol. The fourth-order valence-electron chi connectivity index (χ4n) is 2.46. The van der Waals surface area contributed by atoms with Gasteiger partial charge >= 0.3 is 0 Å². The van der Waals surface area contributed by atoms with Crippen molar-refractivity contribution in [3.8, 4) is 11.8 Å². The zero-order valence-electron chi connectivity index (χ0n) is 13.8. The first-order valence-electron chi connectivity index (χ1n) is 8.33. The SMILES string of the molecule is Cc1cc(CCCCCCCCOc2ccc(C#N)cc2)on1. The lowest BCUT2D eigenvalue weighted by Crippen LogP contribution is -1.97. The van der Waals surface area contributed by atoms with Gasteiger partial charge in [-0.2, -0.15) is 5.26 Å². The monoisotopic (exact) mass is 312 g/mol. The highest BCUT2D eigenvalue weighted by atomic mass is 16.5. The lowest BCUT2D eigenvalue weighted by Gasteiger charge is -2.06. The third-order valence-electron chi connectivity index (χ3n) is 3.75. The number of aromatic nitrogens is 1. The lowest BCUT2D eigenvalue weighted by molar-refractivity contribution is 0.304. The largest absolute Gasteiger partial charge is 0.494 e. The van der Waals surface area contributed by atoms with Gasteiger partial charge in [-0.1, -0.05) is 30.8 Å². The van der Waals surface area contributed by atoms with Crippen LogP contribution in [-0.2, 0) is 6.42 Å². The third-order valence-corrected chi connectivity index (χ3v) is 3.75. The Labute approximate surface area is 138 Å². The van der Waals surface area contributed by atoms with Crippen LogP contribution in [-0.4, -0.2) is 11.8 Å². The van der Waals surface area contributed by atoms with Gasteiger partial charge in [-0.05, 0) is 44.0 Å². The van der Waals surface area contributed by atoms with Gasteiger partial charge in [-0.25, -0.2) is 0 Å². The van der Waals surface area contributed by atoms with Crippen LogP contribution < -0.4 is 4.74 Å². The van der Waals surface area contributed by atoms with E-state index in [9.17, 15) is 0 Å². The number of hydrogen-bond acceptors (Lipinski definition) is 4. The van der Waals surface area contributed by atoms with Crippen molar-refractivity contribution in [3.05, 3.63) is 47.3 Å². The van der Waals surface area contributed by atoms with E-state index < -0.39 is 0 Å². The highest BCUT2D eigenvalue weighted by Crippen LogP contribution is 2.13. The number of aryl methyl sites for hydroxylation is 2. The molecule has 4 nitrogen and oxygen atoms in total. The van der Waals surface area contributed by atoms with Crippen LogP contribution >= 0.6 is 0 Å². The number of rotatable bonds is 10. The molecule has 0 aliphatic carbocycles. The zero-order valence-corrected chi connectivity index (χ0v) is 13.8. The van der Waals surface area contributed by atoms with E-state index in [0.29, 0.717) is 5.56 Å². The molecule has 2 rings (SSSR count). The maximum absolute atomic E-state index is 8.73. The second-order valence-corrected chi connectivity index (χ2v) is 5.79. The fraction of sp³-hybridized carbons (Fsp3) is 0.474. The predicted octanol–water partition coefficient (Wildman–Crippen LogP) is 4.82. The topological polar surface area (TPSA) is 59.0 Å². The summed E-state index contributed by atoms with van der Waals surface area (Å²) in [7, 11) is 0. The Morgan fingerprint density at radius 3 is 2.39 bits per heavy atom. The van der Waals surface area contributed by atoms with Gasteiger partial charge in [0.2, 0.25) is 0 Å². The summed E-state index contributed by atoms with van der Waals surface area (Å²) in [4.78, 5) is 0. The number of hydrogen-bond donors (Lipinski definition) is 0. The van der Waals surface area contributed by atoms with E-state index in [1.165, 1.54) is 25.7 Å². The second-order valence-electron chi connectivity index (χ2n) is 5.79. The van der Waals surface area contributed by atoms with Gasteiger partial charge in [0, 0.05) is 12.5 Å². The van der Waals surface area contributed by atoms with Crippen LogP contribution in [0.25, 0.3) is 0 Å². The van der Waals surface area contributed by atoms with E-state index in [-0.39, 0.29) is 0 Å². The molecule has 1 aromatic carbocycles. The lowest BCUT2D eigenvalue weighted by atomic mass is 10.1. The minimum Gasteiger partial charge on any atom is -0.494 e. The van der Waals surface area contributed by atoms with E-state index in [4.69, 9.17) is 14.5 Å². The van der Waals surface area contributed by atoms with Gasteiger partial charge in [-0.15, -0.1) is 0 Å². The Balaban J connectivity index is 1.44. The molecule has 0 saturated heterocycles. The van der Waals surface area contributed by atoms with Crippen molar-refractivity contribution in [1.82, 2.24) is 5.16 Å². The molecular formula is C19H24N2O2. The Morgan fingerprint density at radius 1 is 1.04 bits per heavy atom. The average Bonchev–Trinajstić information content (AvgIpc) is 2.99. The molecule has 0 spiro atoms. The Kier molecular flexibility index (Phi) is 7.19. The van der Waals surface area contributed by atoms with E-state index in [2.05, 4.69) is 11.2 Å². The van der Waals surface area contributed by atoms with Crippen LogP contribution in [0, 0.1) is 18.3 Å². The average molecular weight is 312 g/mol. The van der Waals surface area contributed by atoms with Crippen molar-refractivity contribution in [1.29, 1.82) is 5.26 Å². The molecule has 1 aromatic heterocycles. The molecule has 0 fully saturated rings. The zero-order chi connectivity index (χ0) is 16.3. The standard InChI is InChI=1S/C19H24N2O2/c1-16-14-19(23-21-16)8-6-4-2-3-5-7-13-22-18-11-9-17(15-20)10-12-18/h9-12,14H,2-8,13H2,1H3. The van der Waals surface area contributed by atoms with Gasteiger partial charge in [0.05, 0.1) is 23.9 Å². The van der Waals surface area contributed by atoms with E-state index in [1.807, 2.05) is 25.1 Å². The second kappa shape index (κ2) is 9.68. The molecule has 23 heavy (non-hydrogen) atoms. The molecule has 122 valence electrons. The maximum Gasteiger partial charge on any atom is 0.136 e. The summed E-state index contributed by atoms with van der Waals surface area (Å²) in [5.41, 5.74) is 1.63. The van der Waals surface area contributed by atoms with Crippen LogP contribution in [0.15, 0.2) is 34.9 Å². The first-order valence-corrected chi connectivity index (χ1v) is 8.33. The first kappa shape index (κ1) is 17.1. The van der Waals surface area contributed by atoms with Gasteiger partial charge in [0.15, 0.2) is 0 Å². The van der Waals surface area contributed by atoms with Crippen LogP contribution in [0.4, 0.5) is 0 Å². The van der Waals surface area contributed by atoms with Crippen LogP contribution in [0.5, 0.6) is 5.75 Å². The molecule has 4 heteroatoms. The Morgan fingerprint density at radius 2 is 1.74 bits per heavy atom. The number of ether oxygens (including phenoxy) is 1. The highest BCUT2D eigenvalue weighted by Gasteiger charge is 2.00. The summed E-state index contributed by atoms with van der Waals surface area (Å²) < 4.78 is 10.9. The molecule has 0 N–H and O–H groups in total. The van der Waals surface area contributed by atoms with Crippen LogP contribution in [0.2, 0.25) is 0 Å². The Hall–Kier alpha value is -2.28. The summed E-state index contributed by atoms with van der Waals surface area (Å²) in [5, 5.41) is 12.6. The molecule has 0 unspecified atom stereocenters. The molecule has 2 aromatic rings. The minimum absolute atomic E-state index is 0.665. The third kappa shape index (κ3) is 6.56. The summed E-state index contributed by atoms with van der Waals surface area (Å²) in [5.74, 6) is 1.84. The van der Waals surface area contributed by atoms with Crippen molar-refractivity contribution in [2.75, 3.05) is 6.61 Å². The van der Waals surface area contributed by atoms with Gasteiger partial charge in [0.25, 0.3) is 0 Å². The summed E-state index contributed by atoms with van der Waals surface area (Å²) in [6, 6.07) is 11.4. The fourth-order valence-corrected chi connectivity index (χ4v) is 2.46. The van der Waals surface area contributed by atoms with Crippen molar-refractivity contribution in [2.24, 2.45) is 0 Å². The smallest absolute Gasteiger partial charge is 0.136 e. The number of unbranched alkanes of at least 4 members (excludes halogenated alkanes) is 5. The number of nitrogens with zero attached hydrogens (tertiary/aromatic N) is 2. The predicted molar refractivity (Wildman–Crippen MR) is 89.3 cm³/mol. The molecule has 0 aliphatic heterocycles. The molecule has 0 aliphatic rings. The Bertz CT molecular complexity index is 611. The molecule has 1 heterocycles. The minimum atomic E-state index is 0.665. The van der Waals surface area contributed by atoms with E-state index in [0.717, 1.165) is 43.1 Å². The van der Waals surface area contributed by atoms with Gasteiger partial charge in [0.1, 0.15) is 11.5 Å². The van der Waals surface area contributed by atoms with Gasteiger partial charge in [-0.3, -0.25) is 0 Å². The van der Waals surface area contributed by atoms with Crippen molar-refractivity contribution in [3.63, 3.8) is 0 Å². The molecule has 0 saturated carbocycles. The van der Waals surface area contributed by atoms with E-state index >= 15 is 0 Å². The van der Waals surface area contributed by atoms with Crippen molar-refractivity contribution >= 4 is 0 Å². The summed E-state index contributed by atoms with van der Waals surface area (Å²) >= 11 is 0.